The second-order valence-corrected chi connectivity index (χ2v) is 5.09. The Bertz CT molecular complexity index is 342. The van der Waals surface area contributed by atoms with Crippen molar-refractivity contribution in [2.45, 2.75) is 45.1 Å². The van der Waals surface area contributed by atoms with E-state index in [0.717, 1.165) is 25.8 Å². The number of hydrogen-bond acceptors (Lipinski definition) is 1. The molecule has 0 aromatic heterocycles. The highest BCUT2D eigenvalue weighted by Crippen LogP contribution is 2.42. The summed E-state index contributed by atoms with van der Waals surface area (Å²) < 4.78 is 0. The molecule has 2 nitrogen and oxygen atoms in total. The predicted octanol–water partition coefficient (Wildman–Crippen LogP) is 2.66. The molecule has 2 rings (SSSR count). The number of hydrogen-bond donors (Lipinski definition) is 0. The molecule has 1 amide bonds. The molecular formula is C13H19NO. The molecule has 15 heavy (non-hydrogen) atoms. The Hall–Kier alpha value is -1.05. The SMILES string of the molecule is C=C(C)C[C@@]12CCC(=O)N1CC=C(C)C2. The van der Waals surface area contributed by atoms with Gasteiger partial charge in [0.15, 0.2) is 0 Å². The molecule has 2 heterocycles. The van der Waals surface area contributed by atoms with Gasteiger partial charge >= 0.3 is 0 Å². The fraction of sp³-hybridized carbons (Fsp3) is 0.615. The van der Waals surface area contributed by atoms with Crippen LogP contribution in [0.4, 0.5) is 0 Å². The van der Waals surface area contributed by atoms with Gasteiger partial charge in [-0.15, -0.1) is 6.58 Å². The quantitative estimate of drug-likeness (QED) is 0.635. The lowest BCUT2D eigenvalue weighted by atomic mass is 9.81. The van der Waals surface area contributed by atoms with Crippen LogP contribution in [0.2, 0.25) is 0 Å². The molecule has 0 saturated carbocycles. The third-order valence-corrected chi connectivity index (χ3v) is 3.54. The van der Waals surface area contributed by atoms with Crippen LogP contribution < -0.4 is 0 Å². The molecule has 1 atom stereocenters. The van der Waals surface area contributed by atoms with Gasteiger partial charge in [-0.2, -0.15) is 0 Å². The van der Waals surface area contributed by atoms with Crippen molar-refractivity contribution in [2.75, 3.05) is 6.54 Å². The maximum absolute atomic E-state index is 11.8. The van der Waals surface area contributed by atoms with E-state index < -0.39 is 0 Å². The first-order valence-electron chi connectivity index (χ1n) is 5.64. The molecule has 0 aliphatic carbocycles. The summed E-state index contributed by atoms with van der Waals surface area (Å²) in [4.78, 5) is 13.8. The van der Waals surface area contributed by atoms with E-state index in [4.69, 9.17) is 0 Å². The van der Waals surface area contributed by atoms with Gasteiger partial charge in [0.25, 0.3) is 0 Å². The van der Waals surface area contributed by atoms with Crippen LogP contribution in [0.25, 0.3) is 0 Å². The molecule has 0 N–H and O–H groups in total. The Kier molecular flexibility index (Phi) is 2.45. The molecule has 2 heteroatoms. The highest BCUT2D eigenvalue weighted by Gasteiger charge is 2.45. The molecule has 82 valence electrons. The fourth-order valence-electron chi connectivity index (χ4n) is 3.00. The molecule has 0 radical (unpaired) electrons. The summed E-state index contributed by atoms with van der Waals surface area (Å²) >= 11 is 0. The van der Waals surface area contributed by atoms with E-state index in [1.165, 1.54) is 11.1 Å². The molecule has 0 unspecified atom stereocenters. The Morgan fingerprint density at radius 1 is 1.67 bits per heavy atom. The molecule has 2 aliphatic rings. The fourth-order valence-corrected chi connectivity index (χ4v) is 3.00. The van der Waals surface area contributed by atoms with Crippen LogP contribution in [-0.2, 0) is 4.79 Å². The summed E-state index contributed by atoms with van der Waals surface area (Å²) in [7, 11) is 0. The molecular weight excluding hydrogens is 186 g/mol. The van der Waals surface area contributed by atoms with Gasteiger partial charge in [-0.1, -0.05) is 17.2 Å². The minimum atomic E-state index is 0.0712. The van der Waals surface area contributed by atoms with Crippen LogP contribution in [0, 0.1) is 0 Å². The minimum absolute atomic E-state index is 0.0712. The monoisotopic (exact) mass is 205 g/mol. The van der Waals surface area contributed by atoms with Crippen molar-refractivity contribution in [2.24, 2.45) is 0 Å². The Labute approximate surface area is 91.6 Å². The van der Waals surface area contributed by atoms with Gasteiger partial charge in [0.1, 0.15) is 0 Å². The van der Waals surface area contributed by atoms with Crippen molar-refractivity contribution in [3.63, 3.8) is 0 Å². The Morgan fingerprint density at radius 3 is 3.07 bits per heavy atom. The average molecular weight is 205 g/mol. The van der Waals surface area contributed by atoms with Gasteiger partial charge in [0.2, 0.25) is 5.91 Å². The third kappa shape index (κ3) is 1.73. The lowest BCUT2D eigenvalue weighted by Gasteiger charge is -2.42. The Morgan fingerprint density at radius 2 is 2.40 bits per heavy atom. The van der Waals surface area contributed by atoms with Crippen molar-refractivity contribution in [1.29, 1.82) is 0 Å². The van der Waals surface area contributed by atoms with E-state index in [9.17, 15) is 4.79 Å². The van der Waals surface area contributed by atoms with Gasteiger partial charge in [-0.05, 0) is 33.1 Å². The molecule has 1 fully saturated rings. The number of amides is 1. The van der Waals surface area contributed by atoms with Crippen LogP contribution in [0.5, 0.6) is 0 Å². The summed E-state index contributed by atoms with van der Waals surface area (Å²) in [5, 5.41) is 0. The normalized spacial score (nSPS) is 30.1. The number of rotatable bonds is 2. The van der Waals surface area contributed by atoms with Crippen molar-refractivity contribution < 1.29 is 4.79 Å². The zero-order chi connectivity index (χ0) is 11.1. The molecule has 2 aliphatic heterocycles. The molecule has 1 saturated heterocycles. The lowest BCUT2D eigenvalue weighted by Crippen LogP contribution is -2.48. The van der Waals surface area contributed by atoms with E-state index in [-0.39, 0.29) is 5.54 Å². The van der Waals surface area contributed by atoms with Crippen molar-refractivity contribution in [3.8, 4) is 0 Å². The van der Waals surface area contributed by atoms with Gasteiger partial charge < -0.3 is 4.90 Å². The predicted molar refractivity (Wildman–Crippen MR) is 61.5 cm³/mol. The standard InChI is InChI=1S/C13H19NO/c1-10(2)8-13-6-4-12(15)14(13)7-5-11(3)9-13/h5H,1,4,6-9H2,2-3H3/t13-/m1/s1. The van der Waals surface area contributed by atoms with Crippen molar-refractivity contribution in [3.05, 3.63) is 23.8 Å². The largest absolute Gasteiger partial charge is 0.333 e. The first-order valence-corrected chi connectivity index (χ1v) is 5.64. The van der Waals surface area contributed by atoms with E-state index in [1.54, 1.807) is 0 Å². The van der Waals surface area contributed by atoms with Crippen LogP contribution in [-0.4, -0.2) is 22.9 Å². The van der Waals surface area contributed by atoms with Crippen molar-refractivity contribution in [1.82, 2.24) is 4.90 Å². The topological polar surface area (TPSA) is 20.3 Å². The van der Waals surface area contributed by atoms with Gasteiger partial charge in [0.05, 0.1) is 5.54 Å². The Balaban J connectivity index is 2.29. The maximum Gasteiger partial charge on any atom is 0.223 e. The number of carbonyl (C=O) groups excluding carboxylic acids is 1. The maximum atomic E-state index is 11.8. The summed E-state index contributed by atoms with van der Waals surface area (Å²) in [6.45, 7) is 9.03. The highest BCUT2D eigenvalue weighted by atomic mass is 16.2. The zero-order valence-electron chi connectivity index (χ0n) is 9.68. The zero-order valence-corrected chi connectivity index (χ0v) is 9.68. The average Bonchev–Trinajstić information content (AvgIpc) is 2.41. The first kappa shape index (κ1) is 10.5. The third-order valence-electron chi connectivity index (χ3n) is 3.54. The van der Waals surface area contributed by atoms with Gasteiger partial charge in [-0.3, -0.25) is 4.79 Å². The smallest absolute Gasteiger partial charge is 0.223 e. The van der Waals surface area contributed by atoms with Crippen LogP contribution in [0.3, 0.4) is 0 Å². The molecule has 0 bridgehead atoms. The van der Waals surface area contributed by atoms with E-state index in [2.05, 4.69) is 31.4 Å². The van der Waals surface area contributed by atoms with Crippen LogP contribution in [0.15, 0.2) is 23.8 Å². The lowest BCUT2D eigenvalue weighted by molar-refractivity contribution is -0.130. The summed E-state index contributed by atoms with van der Waals surface area (Å²) in [6, 6.07) is 0. The molecule has 0 spiro atoms. The summed E-state index contributed by atoms with van der Waals surface area (Å²) in [5.74, 6) is 0.319. The van der Waals surface area contributed by atoms with Crippen LogP contribution >= 0.6 is 0 Å². The van der Waals surface area contributed by atoms with Gasteiger partial charge in [0, 0.05) is 13.0 Å². The van der Waals surface area contributed by atoms with Gasteiger partial charge in [-0.25, -0.2) is 0 Å². The number of fused-ring (bicyclic) bond motifs is 1. The second kappa shape index (κ2) is 3.51. The van der Waals surface area contributed by atoms with Crippen molar-refractivity contribution >= 4 is 5.91 Å². The van der Waals surface area contributed by atoms with E-state index in [0.29, 0.717) is 12.3 Å². The molecule has 0 aromatic carbocycles. The minimum Gasteiger partial charge on any atom is -0.333 e. The highest BCUT2D eigenvalue weighted by molar-refractivity contribution is 5.80. The summed E-state index contributed by atoms with van der Waals surface area (Å²) in [5.41, 5.74) is 2.67. The van der Waals surface area contributed by atoms with E-state index >= 15 is 0 Å². The van der Waals surface area contributed by atoms with Crippen LogP contribution in [0.1, 0.15) is 39.5 Å². The second-order valence-electron chi connectivity index (χ2n) is 5.09. The number of carbonyl (C=O) groups is 1. The summed E-state index contributed by atoms with van der Waals surface area (Å²) in [6.07, 6.45) is 5.90. The first-order chi connectivity index (χ1) is 7.03. The van der Waals surface area contributed by atoms with E-state index in [1.807, 2.05) is 0 Å². The molecule has 0 aromatic rings. The number of nitrogens with zero attached hydrogens (tertiary/aromatic N) is 1.